The van der Waals surface area contributed by atoms with Crippen LogP contribution in [0.25, 0.3) is 0 Å². The van der Waals surface area contributed by atoms with Gasteiger partial charge in [-0.3, -0.25) is 4.79 Å². The van der Waals surface area contributed by atoms with Crippen LogP contribution in [0.15, 0.2) is 48.5 Å². The zero-order chi connectivity index (χ0) is 19.4. The number of nitrogens with zero attached hydrogens (tertiary/aromatic N) is 1. The van der Waals surface area contributed by atoms with E-state index in [1.165, 1.54) is 0 Å². The van der Waals surface area contributed by atoms with Crippen LogP contribution in [-0.4, -0.2) is 46.0 Å². The molecule has 1 heterocycles. The number of carbonyl (C=O) groups excluding carboxylic acids is 1. The molecule has 144 valence electrons. The second-order valence-corrected chi connectivity index (χ2v) is 8.08. The molecule has 8 heteroatoms. The smallest absolute Gasteiger partial charge is 0.254 e. The van der Waals surface area contributed by atoms with E-state index in [2.05, 4.69) is 5.32 Å². The fourth-order valence-electron chi connectivity index (χ4n) is 3.36. The summed E-state index contributed by atoms with van der Waals surface area (Å²) in [4.78, 5) is 15.0. The van der Waals surface area contributed by atoms with Gasteiger partial charge >= 0.3 is 0 Å². The Balaban J connectivity index is 1.91. The van der Waals surface area contributed by atoms with Crippen LogP contribution in [0.1, 0.15) is 27.5 Å². The highest BCUT2D eigenvalue weighted by Crippen LogP contribution is 2.31. The molecule has 1 amide bonds. The monoisotopic (exact) mass is 389 g/mol. The van der Waals surface area contributed by atoms with Gasteiger partial charge in [-0.1, -0.05) is 30.3 Å². The number of ether oxygens (including phenoxy) is 1. The van der Waals surface area contributed by atoms with Crippen molar-refractivity contribution in [3.05, 3.63) is 65.2 Å². The van der Waals surface area contributed by atoms with E-state index in [0.717, 1.165) is 11.3 Å². The lowest BCUT2D eigenvalue weighted by atomic mass is 10.0. The number of nitrogens with one attached hydrogen (secondary N) is 1. The van der Waals surface area contributed by atoms with Crippen molar-refractivity contribution in [3.63, 3.8) is 0 Å². The van der Waals surface area contributed by atoms with Crippen molar-refractivity contribution in [3.8, 4) is 5.75 Å². The number of hydrogen-bond donors (Lipinski definition) is 2. The number of piperazine rings is 1. The van der Waals surface area contributed by atoms with E-state index in [9.17, 15) is 13.2 Å². The molecule has 3 N–H and O–H groups in total. The van der Waals surface area contributed by atoms with Crippen LogP contribution in [0.2, 0.25) is 0 Å². The molecule has 1 saturated heterocycles. The van der Waals surface area contributed by atoms with Crippen LogP contribution in [0, 0.1) is 0 Å². The third-order valence-electron chi connectivity index (χ3n) is 4.54. The van der Waals surface area contributed by atoms with Crippen molar-refractivity contribution in [2.24, 2.45) is 5.14 Å². The summed E-state index contributed by atoms with van der Waals surface area (Å²) in [6, 6.07) is 14.1. The number of rotatable bonds is 5. The lowest BCUT2D eigenvalue weighted by Crippen LogP contribution is -2.48. The molecule has 3 rings (SSSR count). The van der Waals surface area contributed by atoms with Crippen molar-refractivity contribution in [2.75, 3.05) is 26.7 Å². The molecule has 0 radical (unpaired) electrons. The molecule has 2 aromatic carbocycles. The Morgan fingerprint density at radius 2 is 2.04 bits per heavy atom. The highest BCUT2D eigenvalue weighted by atomic mass is 32.2. The first-order valence-electron chi connectivity index (χ1n) is 8.63. The highest BCUT2D eigenvalue weighted by molar-refractivity contribution is 7.88. The molecule has 2 aromatic rings. The average molecular weight is 389 g/mol. The summed E-state index contributed by atoms with van der Waals surface area (Å²) in [7, 11) is -2.05. The maximum absolute atomic E-state index is 13.2. The minimum absolute atomic E-state index is 0.149. The molecule has 1 aliphatic heterocycles. The third kappa shape index (κ3) is 4.65. The molecule has 1 atom stereocenters. The summed E-state index contributed by atoms with van der Waals surface area (Å²) in [6.45, 7) is 1.85. The van der Waals surface area contributed by atoms with Crippen LogP contribution in [-0.2, 0) is 15.8 Å². The van der Waals surface area contributed by atoms with E-state index in [1.807, 2.05) is 24.3 Å². The topological polar surface area (TPSA) is 102 Å². The van der Waals surface area contributed by atoms with Gasteiger partial charge in [0.05, 0.1) is 18.9 Å². The molecule has 0 bridgehead atoms. The number of carbonyl (C=O) groups is 1. The van der Waals surface area contributed by atoms with E-state index < -0.39 is 10.0 Å². The maximum atomic E-state index is 13.2. The first kappa shape index (κ1) is 19.3. The number of para-hydroxylation sites is 1. The predicted octanol–water partition coefficient (Wildman–Crippen LogP) is 1.27. The number of nitrogens with two attached hydrogens (primary N) is 1. The highest BCUT2D eigenvalue weighted by Gasteiger charge is 2.30. The summed E-state index contributed by atoms with van der Waals surface area (Å²) in [5.41, 5.74) is 1.87. The number of primary sulfonamides is 1. The van der Waals surface area contributed by atoms with E-state index in [0.29, 0.717) is 30.8 Å². The van der Waals surface area contributed by atoms with Crippen molar-refractivity contribution in [1.29, 1.82) is 0 Å². The van der Waals surface area contributed by atoms with E-state index in [-0.39, 0.29) is 17.7 Å². The predicted molar refractivity (Wildman–Crippen MR) is 103 cm³/mol. The number of hydrogen-bond acceptors (Lipinski definition) is 5. The molecule has 0 aliphatic carbocycles. The van der Waals surface area contributed by atoms with Crippen LogP contribution in [0.4, 0.5) is 0 Å². The van der Waals surface area contributed by atoms with Gasteiger partial charge in [0, 0.05) is 30.8 Å². The lowest BCUT2D eigenvalue weighted by molar-refractivity contribution is 0.0631. The summed E-state index contributed by atoms with van der Waals surface area (Å²) < 4.78 is 28.2. The summed E-state index contributed by atoms with van der Waals surface area (Å²) in [6.07, 6.45) is 0. The maximum Gasteiger partial charge on any atom is 0.254 e. The van der Waals surface area contributed by atoms with E-state index in [4.69, 9.17) is 9.88 Å². The van der Waals surface area contributed by atoms with Gasteiger partial charge in [-0.25, -0.2) is 13.6 Å². The largest absolute Gasteiger partial charge is 0.496 e. The molecule has 1 aliphatic rings. The lowest BCUT2D eigenvalue weighted by Gasteiger charge is -2.37. The van der Waals surface area contributed by atoms with Crippen LogP contribution < -0.4 is 15.2 Å². The van der Waals surface area contributed by atoms with Gasteiger partial charge in [-0.2, -0.15) is 0 Å². The quantitative estimate of drug-likeness (QED) is 0.802. The minimum Gasteiger partial charge on any atom is -0.496 e. The molecule has 0 aromatic heterocycles. The molecule has 7 nitrogen and oxygen atoms in total. The first-order chi connectivity index (χ1) is 12.9. The van der Waals surface area contributed by atoms with Crippen molar-refractivity contribution in [2.45, 2.75) is 11.8 Å². The second-order valence-electron chi connectivity index (χ2n) is 6.47. The summed E-state index contributed by atoms with van der Waals surface area (Å²) >= 11 is 0. The van der Waals surface area contributed by atoms with Gasteiger partial charge < -0.3 is 15.0 Å². The van der Waals surface area contributed by atoms with Crippen LogP contribution in [0.3, 0.4) is 0 Å². The molecule has 1 fully saturated rings. The van der Waals surface area contributed by atoms with Crippen molar-refractivity contribution >= 4 is 15.9 Å². The summed E-state index contributed by atoms with van der Waals surface area (Å²) in [5.74, 6) is 0.279. The van der Waals surface area contributed by atoms with Gasteiger partial charge in [0.2, 0.25) is 10.0 Å². The standard InChI is InChI=1S/C19H23N3O4S/c1-26-18-8-3-2-7-16(18)17-12-21-9-10-22(17)19(23)15-6-4-5-14(11-15)13-27(20,24)25/h2-8,11,17,21H,9-10,12-13H2,1H3,(H2,20,24,25). The Hall–Kier alpha value is -2.42. The Labute approximate surface area is 159 Å². The first-order valence-corrected chi connectivity index (χ1v) is 10.3. The van der Waals surface area contributed by atoms with Gasteiger partial charge in [0.25, 0.3) is 5.91 Å². The number of methoxy groups -OCH3 is 1. The average Bonchev–Trinajstić information content (AvgIpc) is 2.66. The van der Waals surface area contributed by atoms with Gasteiger partial charge in [-0.05, 0) is 23.8 Å². The fourth-order valence-corrected chi connectivity index (χ4v) is 4.00. The molecular formula is C19H23N3O4S. The SMILES string of the molecule is COc1ccccc1C1CNCCN1C(=O)c1cccc(CS(N)(=O)=O)c1. The van der Waals surface area contributed by atoms with E-state index in [1.54, 1.807) is 36.3 Å². The van der Waals surface area contributed by atoms with E-state index >= 15 is 0 Å². The fraction of sp³-hybridized carbons (Fsp3) is 0.316. The van der Waals surface area contributed by atoms with Crippen LogP contribution >= 0.6 is 0 Å². The molecule has 27 heavy (non-hydrogen) atoms. The normalized spacial score (nSPS) is 17.6. The third-order valence-corrected chi connectivity index (χ3v) is 5.28. The van der Waals surface area contributed by atoms with Crippen molar-refractivity contribution in [1.82, 2.24) is 10.2 Å². The zero-order valence-electron chi connectivity index (χ0n) is 15.1. The molecule has 0 saturated carbocycles. The Morgan fingerprint density at radius 3 is 2.78 bits per heavy atom. The molecular weight excluding hydrogens is 366 g/mol. The van der Waals surface area contributed by atoms with Gasteiger partial charge in [0.15, 0.2) is 0 Å². The van der Waals surface area contributed by atoms with Crippen LogP contribution in [0.5, 0.6) is 5.75 Å². The summed E-state index contributed by atoms with van der Waals surface area (Å²) in [5, 5.41) is 8.44. The zero-order valence-corrected chi connectivity index (χ0v) is 15.9. The van der Waals surface area contributed by atoms with Gasteiger partial charge in [-0.15, -0.1) is 0 Å². The molecule has 1 unspecified atom stereocenters. The Bertz CT molecular complexity index is 930. The van der Waals surface area contributed by atoms with Gasteiger partial charge in [0.1, 0.15) is 5.75 Å². The second kappa shape index (κ2) is 8.08. The minimum atomic E-state index is -3.66. The molecule has 0 spiro atoms. The number of benzene rings is 2. The van der Waals surface area contributed by atoms with Crippen molar-refractivity contribution < 1.29 is 17.9 Å². The number of amides is 1. The Kier molecular flexibility index (Phi) is 5.79. The Morgan fingerprint density at radius 1 is 1.26 bits per heavy atom. The number of sulfonamides is 1.